The van der Waals surface area contributed by atoms with Gasteiger partial charge in [0.25, 0.3) is 0 Å². The highest BCUT2D eigenvalue weighted by molar-refractivity contribution is 5.79. The summed E-state index contributed by atoms with van der Waals surface area (Å²) in [6, 6.07) is 2.27. The highest BCUT2D eigenvalue weighted by Crippen LogP contribution is 2.33. The third kappa shape index (κ3) is 8.94. The van der Waals surface area contributed by atoms with E-state index in [2.05, 4.69) is 32.9 Å². The minimum Gasteiger partial charge on any atom is -0.396 e. The average Bonchev–Trinajstić information content (AvgIpc) is 2.62. The van der Waals surface area contributed by atoms with E-state index >= 15 is 0 Å². The first kappa shape index (κ1) is 23.0. The number of nitrogens with zero attached hydrogens (tertiary/aromatic N) is 2. The first-order valence-corrected chi connectivity index (χ1v) is 9.31. The normalized spacial score (nSPS) is 13.3. The number of aliphatic hydroxyl groups excluding tert-OH is 1. The average molecular weight is 389 g/mol. The molecular weight excluding hydrogens is 359 g/mol. The molecule has 0 fully saturated rings. The van der Waals surface area contributed by atoms with Gasteiger partial charge in [-0.3, -0.25) is 4.99 Å². The number of nitrogens with one attached hydrogen (secondary N) is 3. The van der Waals surface area contributed by atoms with Crippen molar-refractivity contribution in [1.82, 2.24) is 15.6 Å². The monoisotopic (exact) mass is 389 g/mol. The predicted molar refractivity (Wildman–Crippen MR) is 102 cm³/mol. The third-order valence-electron chi connectivity index (χ3n) is 3.91. The van der Waals surface area contributed by atoms with Gasteiger partial charge >= 0.3 is 6.18 Å². The molecule has 154 valence electrons. The molecule has 1 atom stereocenters. The van der Waals surface area contributed by atoms with E-state index < -0.39 is 11.7 Å². The zero-order valence-electron chi connectivity index (χ0n) is 15.9. The molecule has 1 rings (SSSR count). The zero-order chi connectivity index (χ0) is 20.1. The fraction of sp³-hybridized carbons (Fsp3) is 0.667. The Bertz CT molecular complexity index is 560. The second-order valence-corrected chi connectivity index (χ2v) is 6.14. The van der Waals surface area contributed by atoms with Crippen LogP contribution in [0.25, 0.3) is 0 Å². The molecule has 6 nitrogen and oxygen atoms in total. The van der Waals surface area contributed by atoms with Crippen LogP contribution in [0, 0.1) is 5.92 Å². The summed E-state index contributed by atoms with van der Waals surface area (Å²) in [7, 11) is 0. The van der Waals surface area contributed by atoms with Crippen molar-refractivity contribution in [2.45, 2.75) is 39.3 Å². The van der Waals surface area contributed by atoms with E-state index in [0.29, 0.717) is 37.9 Å². The number of pyridine rings is 1. The molecular formula is C18H30F3N5O. The topological polar surface area (TPSA) is 81.6 Å². The fourth-order valence-corrected chi connectivity index (χ4v) is 2.62. The van der Waals surface area contributed by atoms with Crippen molar-refractivity contribution in [3.63, 3.8) is 0 Å². The van der Waals surface area contributed by atoms with Crippen molar-refractivity contribution in [3.8, 4) is 0 Å². The van der Waals surface area contributed by atoms with Crippen molar-refractivity contribution in [2.24, 2.45) is 10.9 Å². The third-order valence-corrected chi connectivity index (χ3v) is 3.91. The standard InChI is InChI=1S/C18H30F3N5O/c1-3-6-14(8-12-27)13-26-17(22-4-2)25-11-10-24-16-15(18(19,20)21)7-5-9-23-16/h5,7,9,14,27H,3-4,6,8,10-13H2,1-2H3,(H,23,24)(H2,22,25,26). The van der Waals surface area contributed by atoms with E-state index in [-0.39, 0.29) is 19.0 Å². The summed E-state index contributed by atoms with van der Waals surface area (Å²) in [6.07, 6.45) is -0.393. The van der Waals surface area contributed by atoms with Crippen molar-refractivity contribution >= 4 is 11.8 Å². The Morgan fingerprint density at radius 1 is 1.22 bits per heavy atom. The van der Waals surface area contributed by atoms with Gasteiger partial charge in [-0.1, -0.05) is 13.3 Å². The molecule has 0 saturated heterocycles. The number of aliphatic imine (C=N–C) groups is 1. The first-order chi connectivity index (χ1) is 12.9. The number of anilines is 1. The van der Waals surface area contributed by atoms with Crippen molar-refractivity contribution in [1.29, 1.82) is 0 Å². The van der Waals surface area contributed by atoms with E-state index in [9.17, 15) is 13.2 Å². The van der Waals surface area contributed by atoms with Crippen LogP contribution in [-0.2, 0) is 6.18 Å². The number of alkyl halides is 3. The second kappa shape index (κ2) is 12.4. The van der Waals surface area contributed by atoms with Gasteiger partial charge in [-0.2, -0.15) is 13.2 Å². The number of aromatic nitrogens is 1. The molecule has 9 heteroatoms. The molecule has 1 unspecified atom stereocenters. The van der Waals surface area contributed by atoms with Gasteiger partial charge in [0.1, 0.15) is 5.82 Å². The summed E-state index contributed by atoms with van der Waals surface area (Å²) >= 11 is 0. The Hall–Kier alpha value is -2.03. The molecule has 0 amide bonds. The SMILES string of the molecule is CCCC(CCO)CN=C(NCC)NCCNc1ncccc1C(F)(F)F. The molecule has 0 radical (unpaired) electrons. The summed E-state index contributed by atoms with van der Waals surface area (Å²) in [4.78, 5) is 8.28. The van der Waals surface area contributed by atoms with Crippen molar-refractivity contribution < 1.29 is 18.3 Å². The Balaban J connectivity index is 2.55. The highest BCUT2D eigenvalue weighted by Gasteiger charge is 2.33. The fourth-order valence-electron chi connectivity index (χ4n) is 2.62. The summed E-state index contributed by atoms with van der Waals surface area (Å²) in [5, 5.41) is 18.0. The molecule has 0 aliphatic heterocycles. The maximum atomic E-state index is 12.9. The van der Waals surface area contributed by atoms with Crippen LogP contribution < -0.4 is 16.0 Å². The van der Waals surface area contributed by atoms with Gasteiger partial charge in [-0.05, 0) is 37.8 Å². The van der Waals surface area contributed by atoms with Crippen LogP contribution in [0.3, 0.4) is 0 Å². The Kier molecular flexibility index (Phi) is 10.5. The molecule has 4 N–H and O–H groups in total. The van der Waals surface area contributed by atoms with E-state index in [1.165, 1.54) is 12.3 Å². The lowest BCUT2D eigenvalue weighted by molar-refractivity contribution is -0.137. The van der Waals surface area contributed by atoms with Gasteiger partial charge in [0, 0.05) is 39.0 Å². The van der Waals surface area contributed by atoms with Crippen LogP contribution in [0.2, 0.25) is 0 Å². The maximum Gasteiger partial charge on any atom is 0.419 e. The minimum atomic E-state index is -4.44. The quantitative estimate of drug-likeness (QED) is 0.266. The molecule has 0 spiro atoms. The number of aliphatic hydroxyl groups is 1. The molecule has 27 heavy (non-hydrogen) atoms. The summed E-state index contributed by atoms with van der Waals surface area (Å²) < 4.78 is 38.8. The number of rotatable bonds is 11. The molecule has 1 heterocycles. The maximum absolute atomic E-state index is 12.9. The van der Waals surface area contributed by atoms with Gasteiger partial charge in [0.05, 0.1) is 5.56 Å². The van der Waals surface area contributed by atoms with Crippen LogP contribution in [0.15, 0.2) is 23.3 Å². The van der Waals surface area contributed by atoms with E-state index in [4.69, 9.17) is 5.11 Å². The van der Waals surface area contributed by atoms with E-state index in [1.54, 1.807) is 0 Å². The molecule has 0 aromatic carbocycles. The predicted octanol–water partition coefficient (Wildman–Crippen LogP) is 2.87. The van der Waals surface area contributed by atoms with Crippen LogP contribution in [0.5, 0.6) is 0 Å². The number of halogens is 3. The van der Waals surface area contributed by atoms with Gasteiger partial charge < -0.3 is 21.1 Å². The molecule has 0 saturated carbocycles. The number of hydrogen-bond acceptors (Lipinski definition) is 4. The minimum absolute atomic E-state index is 0.139. The first-order valence-electron chi connectivity index (χ1n) is 9.31. The molecule has 0 aliphatic rings. The van der Waals surface area contributed by atoms with Crippen LogP contribution in [0.4, 0.5) is 19.0 Å². The molecule has 0 aliphatic carbocycles. The van der Waals surface area contributed by atoms with Crippen LogP contribution in [-0.4, -0.2) is 48.8 Å². The number of hydrogen-bond donors (Lipinski definition) is 4. The summed E-state index contributed by atoms with van der Waals surface area (Å²) in [5.74, 6) is 0.742. The summed E-state index contributed by atoms with van der Waals surface area (Å²) in [5.41, 5.74) is -0.781. The Morgan fingerprint density at radius 3 is 2.63 bits per heavy atom. The van der Waals surface area contributed by atoms with Crippen LogP contribution >= 0.6 is 0 Å². The van der Waals surface area contributed by atoms with E-state index in [0.717, 1.165) is 18.9 Å². The largest absolute Gasteiger partial charge is 0.419 e. The summed E-state index contributed by atoms with van der Waals surface area (Å²) in [6.45, 7) is 6.09. The zero-order valence-corrected chi connectivity index (χ0v) is 15.9. The van der Waals surface area contributed by atoms with Crippen molar-refractivity contribution in [2.75, 3.05) is 38.1 Å². The second-order valence-electron chi connectivity index (χ2n) is 6.14. The van der Waals surface area contributed by atoms with Gasteiger partial charge in [-0.25, -0.2) is 4.98 Å². The van der Waals surface area contributed by atoms with Gasteiger partial charge in [0.15, 0.2) is 5.96 Å². The van der Waals surface area contributed by atoms with Crippen molar-refractivity contribution in [3.05, 3.63) is 23.9 Å². The lowest BCUT2D eigenvalue weighted by atomic mass is 10.0. The molecule has 1 aromatic rings. The Morgan fingerprint density at radius 2 is 2.00 bits per heavy atom. The lowest BCUT2D eigenvalue weighted by Gasteiger charge is -2.16. The molecule has 1 aromatic heterocycles. The highest BCUT2D eigenvalue weighted by atomic mass is 19.4. The lowest BCUT2D eigenvalue weighted by Crippen LogP contribution is -2.40. The molecule has 0 bridgehead atoms. The number of guanidine groups is 1. The van der Waals surface area contributed by atoms with E-state index in [1.807, 2.05) is 6.92 Å². The van der Waals surface area contributed by atoms with Gasteiger partial charge in [0.2, 0.25) is 0 Å². The smallest absolute Gasteiger partial charge is 0.396 e. The van der Waals surface area contributed by atoms with Crippen LogP contribution in [0.1, 0.15) is 38.7 Å². The van der Waals surface area contributed by atoms with Gasteiger partial charge in [-0.15, -0.1) is 0 Å². The Labute approximate surface area is 158 Å².